The van der Waals surface area contributed by atoms with Gasteiger partial charge in [-0.25, -0.2) is 39.7 Å². The number of amides is 2. The van der Waals surface area contributed by atoms with E-state index in [1.54, 1.807) is 41.5 Å². The summed E-state index contributed by atoms with van der Waals surface area (Å²) in [5, 5.41) is 72.5. The van der Waals surface area contributed by atoms with Crippen LogP contribution in [0, 0.1) is 0 Å². The smallest absolute Gasteiger partial charge is 0.339 e. The van der Waals surface area contributed by atoms with E-state index in [0.29, 0.717) is 12.6 Å². The maximum Gasteiger partial charge on any atom is 0.339 e. The Morgan fingerprint density at radius 3 is 0.922 bits per heavy atom. The van der Waals surface area contributed by atoms with Gasteiger partial charge in [-0.1, -0.05) is 7.43 Å². The van der Waals surface area contributed by atoms with Crippen LogP contribution in [0.2, 0.25) is 0 Å². The molecule has 5 aromatic carbocycles. The van der Waals surface area contributed by atoms with Gasteiger partial charge in [0, 0.05) is 0 Å². The van der Waals surface area contributed by atoms with Gasteiger partial charge in [-0.15, -0.1) is 0 Å². The predicted molar refractivity (Wildman–Crippen MR) is 270 cm³/mol. The Balaban J connectivity index is 0.000000944. The molecule has 0 aliphatic heterocycles. The zero-order valence-electron chi connectivity index (χ0n) is 42.0. The number of phenols is 5. The average Bonchev–Trinajstić information content (AvgIpc) is 3.36. The molecule has 0 heterocycles. The van der Waals surface area contributed by atoms with E-state index >= 15 is 0 Å². The first-order chi connectivity index (χ1) is 35.3. The molecule has 0 spiro atoms. The number of rotatable bonds is 12. The lowest BCUT2D eigenvalue weighted by Gasteiger charge is -2.19. The molecule has 0 saturated carbocycles. The molecular weight excluding hydrogens is 1020 g/mol. The van der Waals surface area contributed by atoms with Gasteiger partial charge in [-0.05, 0) is 133 Å². The van der Waals surface area contributed by atoms with Gasteiger partial charge in [0.15, 0.2) is 12.6 Å². The highest BCUT2D eigenvalue weighted by atomic mass is 16.7. The number of aromatic carboxylic acids is 3. The van der Waals surface area contributed by atoms with E-state index in [4.69, 9.17) is 30.1 Å². The number of aromatic hydroxyl groups is 5. The maximum absolute atomic E-state index is 11.8. The number of esters is 3. The number of phenolic OH excluding ortho intramolecular Hbond substituents is 4. The first-order valence-electron chi connectivity index (χ1n) is 21.3. The lowest BCUT2D eigenvalue weighted by atomic mass is 10.1. The van der Waals surface area contributed by atoms with E-state index in [2.05, 4.69) is 25.2 Å². The molecule has 0 aliphatic carbocycles. The van der Waals surface area contributed by atoms with Crippen LogP contribution in [0.3, 0.4) is 0 Å². The lowest BCUT2D eigenvalue weighted by Crippen LogP contribution is -2.33. The van der Waals surface area contributed by atoms with Crippen molar-refractivity contribution < 1.29 is 113 Å². The quantitative estimate of drug-likeness (QED) is 0.0272. The Kier molecular flexibility index (Phi) is 27.0. The normalized spacial score (nSPS) is 10.0. The minimum absolute atomic E-state index is 0. The fourth-order valence-corrected chi connectivity index (χ4v) is 4.96. The van der Waals surface area contributed by atoms with Gasteiger partial charge >= 0.3 is 35.8 Å². The fourth-order valence-electron chi connectivity index (χ4n) is 4.96. The van der Waals surface area contributed by atoms with Crippen LogP contribution in [0.25, 0.3) is 0 Å². The van der Waals surface area contributed by atoms with Crippen molar-refractivity contribution in [3.8, 4) is 28.7 Å². The number of carboxylic acids is 3. The van der Waals surface area contributed by atoms with Crippen molar-refractivity contribution in [1.29, 1.82) is 0 Å². The summed E-state index contributed by atoms with van der Waals surface area (Å²) in [6.45, 7) is 10.6. The number of benzene rings is 5. The molecule has 77 heavy (non-hydrogen) atoms. The summed E-state index contributed by atoms with van der Waals surface area (Å²) in [4.78, 5) is 119. The first kappa shape index (κ1) is 67.1. The molecule has 0 aliphatic rings. The molecule has 0 bridgehead atoms. The van der Waals surface area contributed by atoms with Crippen molar-refractivity contribution >= 4 is 60.2 Å². The Hall–Kier alpha value is -9.88. The molecule has 10 N–H and O–H groups in total. The van der Waals surface area contributed by atoms with Crippen LogP contribution in [0.4, 0.5) is 0 Å². The van der Waals surface area contributed by atoms with Crippen LogP contribution >= 0.6 is 0 Å². The molecule has 0 radical (unpaired) electrons. The van der Waals surface area contributed by atoms with Crippen LogP contribution in [0.15, 0.2) is 91.0 Å². The van der Waals surface area contributed by atoms with Crippen molar-refractivity contribution in [2.45, 2.75) is 60.2 Å². The van der Waals surface area contributed by atoms with E-state index in [1.165, 1.54) is 82.0 Å². The SMILES string of the molecule is C.CC(C)(C)ONC(=O)c1ccc(C(=O)O)cc1O.COC(=O)c1ccc(C(=O)NOC(C)(C)C)c(O)c1.COC(=O)c1ccc(C(=O)O)c(O)c1.COC(=O)c1ccc(C=O)c(O)c1.O=Cc1ccc(C(=O)O)cc1O. The number of hydrogen-bond acceptors (Lipinski definition) is 20. The number of methoxy groups -OCH3 is 3. The van der Waals surface area contributed by atoms with Gasteiger partial charge < -0.3 is 55.1 Å². The van der Waals surface area contributed by atoms with E-state index in [1.807, 2.05) is 0 Å². The zero-order chi connectivity index (χ0) is 58.2. The standard InChI is InChI=1S/C13H17NO5.C12H15NO5.C9H8O5.C9H8O4.C8H6O4.CH4/c1-13(2,3)19-14-11(16)9-6-5-8(7-10(9)15)12(17)18-4;1-12(2,3)18-13-10(15)8-5-4-7(11(16)17)6-9(8)14;1-14-9(13)5-2-3-6(8(11)12)7(10)4-5;1-13-9(12)6-2-3-7(5-10)8(11)4-6;9-4-6-2-1-5(8(11)12)3-7(6)10;/h5-7,15H,1-4H3,(H,14,16);4-6,14H,1-3H3,(H,13,15)(H,16,17);2-4,10H,1H3,(H,11,12);2-5,11H,1H3;1-4,10H,(H,11,12);1H4. The highest BCUT2D eigenvalue weighted by molar-refractivity contribution is 5.99. The molecule has 0 saturated heterocycles. The third-order valence-corrected chi connectivity index (χ3v) is 8.68. The topological polar surface area (TPSA) is 403 Å². The molecule has 5 aromatic rings. The van der Waals surface area contributed by atoms with Crippen LogP contribution in [-0.2, 0) is 23.9 Å². The highest BCUT2D eigenvalue weighted by Gasteiger charge is 2.20. The molecule has 0 unspecified atom stereocenters. The second kappa shape index (κ2) is 31.0. The number of carbonyl (C=O) groups is 10. The molecule has 0 fully saturated rings. The summed E-state index contributed by atoms with van der Waals surface area (Å²) in [5.41, 5.74) is 3.58. The molecule has 25 heteroatoms. The Morgan fingerprint density at radius 1 is 0.403 bits per heavy atom. The van der Waals surface area contributed by atoms with Crippen molar-refractivity contribution in [2.75, 3.05) is 21.3 Å². The molecule has 0 aromatic heterocycles. The van der Waals surface area contributed by atoms with Crippen LogP contribution in [-0.4, -0.2) is 134 Å². The second-order valence-electron chi connectivity index (χ2n) is 16.7. The van der Waals surface area contributed by atoms with Gasteiger partial charge in [0.25, 0.3) is 11.8 Å². The number of carboxylic acid groups (broad SMARTS) is 3. The summed E-state index contributed by atoms with van der Waals surface area (Å²) in [6, 6.07) is 18.3. The first-order valence-corrected chi connectivity index (χ1v) is 21.3. The van der Waals surface area contributed by atoms with Gasteiger partial charge in [0.1, 0.15) is 34.3 Å². The predicted octanol–water partition coefficient (Wildman–Crippen LogP) is 6.60. The van der Waals surface area contributed by atoms with Gasteiger partial charge in [-0.3, -0.25) is 28.9 Å². The number of nitrogens with one attached hydrogen (secondary N) is 2. The van der Waals surface area contributed by atoms with Crippen molar-refractivity contribution in [3.63, 3.8) is 0 Å². The zero-order valence-corrected chi connectivity index (χ0v) is 42.0. The average molecular weight is 1080 g/mol. The largest absolute Gasteiger partial charge is 0.507 e. The van der Waals surface area contributed by atoms with E-state index in [-0.39, 0.29) is 80.3 Å². The Morgan fingerprint density at radius 2 is 0.662 bits per heavy atom. The van der Waals surface area contributed by atoms with Crippen LogP contribution in [0.5, 0.6) is 28.7 Å². The fraction of sp³-hybridized carbons (Fsp3) is 0.231. The van der Waals surface area contributed by atoms with Crippen LogP contribution < -0.4 is 11.0 Å². The molecule has 5 rings (SSSR count). The molecule has 2 amide bonds. The summed E-state index contributed by atoms with van der Waals surface area (Å²) in [7, 11) is 3.68. The van der Waals surface area contributed by atoms with Gasteiger partial charge in [-0.2, -0.15) is 0 Å². The maximum atomic E-state index is 11.8. The van der Waals surface area contributed by atoms with Gasteiger partial charge in [0.05, 0.1) is 82.6 Å². The van der Waals surface area contributed by atoms with E-state index in [0.717, 1.165) is 30.3 Å². The summed E-state index contributed by atoms with van der Waals surface area (Å²) < 4.78 is 13.3. The summed E-state index contributed by atoms with van der Waals surface area (Å²) >= 11 is 0. The highest BCUT2D eigenvalue weighted by Crippen LogP contribution is 2.23. The van der Waals surface area contributed by atoms with Crippen molar-refractivity contribution in [3.05, 3.63) is 147 Å². The molecule has 25 nitrogen and oxygen atoms in total. The second-order valence-corrected chi connectivity index (χ2v) is 16.7. The number of ether oxygens (including phenoxy) is 3. The Bertz CT molecular complexity index is 2930. The van der Waals surface area contributed by atoms with Crippen LogP contribution in [0.1, 0.15) is 153 Å². The monoisotopic (exact) mass is 1080 g/mol. The molecular formula is C52H58N2O23. The van der Waals surface area contributed by atoms with Crippen molar-refractivity contribution in [2.24, 2.45) is 0 Å². The number of aldehydes is 2. The van der Waals surface area contributed by atoms with E-state index in [9.17, 15) is 68.4 Å². The summed E-state index contributed by atoms with van der Waals surface area (Å²) in [6.07, 6.45) is 0.970. The number of hydroxylamine groups is 2. The third kappa shape index (κ3) is 22.8. The molecule has 0 atom stereocenters. The van der Waals surface area contributed by atoms with E-state index < -0.39 is 70.3 Å². The van der Waals surface area contributed by atoms with Crippen molar-refractivity contribution in [1.82, 2.24) is 11.0 Å². The minimum Gasteiger partial charge on any atom is -0.507 e. The lowest BCUT2D eigenvalue weighted by molar-refractivity contribution is -0.0590. The molecule has 414 valence electrons. The third-order valence-electron chi connectivity index (χ3n) is 8.68. The number of hydrogen-bond donors (Lipinski definition) is 10. The minimum atomic E-state index is -1.25. The van der Waals surface area contributed by atoms with Gasteiger partial charge in [0.2, 0.25) is 0 Å². The summed E-state index contributed by atoms with van der Waals surface area (Å²) in [5.74, 6) is -8.29. The Labute approximate surface area is 439 Å². The number of carbonyl (C=O) groups excluding carboxylic acids is 7.